The van der Waals surface area contributed by atoms with E-state index >= 15 is 0 Å². The van der Waals surface area contributed by atoms with Gasteiger partial charge in [0.05, 0.1) is 5.69 Å². The molecule has 1 heterocycles. The topological polar surface area (TPSA) is 94.0 Å². The molecular weight excluding hydrogens is 208 g/mol. The van der Waals surface area contributed by atoms with E-state index in [0.29, 0.717) is 11.6 Å². The maximum absolute atomic E-state index is 10.6. The van der Waals surface area contributed by atoms with Crippen molar-refractivity contribution in [3.05, 3.63) is 11.9 Å². The van der Waals surface area contributed by atoms with Crippen molar-refractivity contribution in [2.75, 3.05) is 0 Å². The normalized spacial score (nSPS) is 14.7. The van der Waals surface area contributed by atoms with Crippen molar-refractivity contribution >= 4 is 5.97 Å². The molecule has 1 rings (SSSR count). The van der Waals surface area contributed by atoms with Gasteiger partial charge in [0.1, 0.15) is 6.04 Å². The summed E-state index contributed by atoms with van der Waals surface area (Å²) in [6.07, 6.45) is 3.05. The van der Waals surface area contributed by atoms with Gasteiger partial charge in [0.2, 0.25) is 0 Å². The summed E-state index contributed by atoms with van der Waals surface area (Å²) in [7, 11) is 0. The Morgan fingerprint density at radius 3 is 2.94 bits per heavy atom. The molecule has 6 heteroatoms. The number of aliphatic carboxylic acids is 1. The fraction of sp³-hybridized carbons (Fsp3) is 0.700. The smallest absolute Gasteiger partial charge is 0.320 e. The molecule has 1 aromatic rings. The van der Waals surface area contributed by atoms with Gasteiger partial charge in [-0.1, -0.05) is 25.5 Å². The molecule has 0 amide bonds. The second-order valence-corrected chi connectivity index (χ2v) is 4.09. The Morgan fingerprint density at radius 2 is 2.38 bits per heavy atom. The van der Waals surface area contributed by atoms with E-state index in [0.717, 1.165) is 13.0 Å². The van der Waals surface area contributed by atoms with Gasteiger partial charge in [-0.2, -0.15) is 0 Å². The molecule has 0 saturated heterocycles. The van der Waals surface area contributed by atoms with E-state index in [1.165, 1.54) is 0 Å². The standard InChI is InChI=1S/C10H18N4O2/c1-3-7(2)5-14-6-8(12-13-14)4-9(11)10(15)16/h6-7,9H,3-5,11H2,1-2H3,(H,15,16). The highest BCUT2D eigenvalue weighted by molar-refractivity contribution is 5.73. The van der Waals surface area contributed by atoms with E-state index in [9.17, 15) is 4.79 Å². The van der Waals surface area contributed by atoms with E-state index < -0.39 is 12.0 Å². The van der Waals surface area contributed by atoms with Crippen LogP contribution in [0.25, 0.3) is 0 Å². The van der Waals surface area contributed by atoms with Gasteiger partial charge in [-0.05, 0) is 5.92 Å². The quantitative estimate of drug-likeness (QED) is 0.726. The van der Waals surface area contributed by atoms with Crippen LogP contribution in [0.15, 0.2) is 6.20 Å². The lowest BCUT2D eigenvalue weighted by Gasteiger charge is -2.06. The summed E-state index contributed by atoms with van der Waals surface area (Å²) in [5.74, 6) is -0.487. The second kappa shape index (κ2) is 5.60. The van der Waals surface area contributed by atoms with Crippen molar-refractivity contribution in [2.24, 2.45) is 11.7 Å². The van der Waals surface area contributed by atoms with Crippen molar-refractivity contribution in [1.29, 1.82) is 0 Å². The van der Waals surface area contributed by atoms with E-state index in [1.807, 2.05) is 0 Å². The Bertz CT molecular complexity index is 350. The highest BCUT2D eigenvalue weighted by Gasteiger charge is 2.14. The van der Waals surface area contributed by atoms with Crippen LogP contribution < -0.4 is 5.73 Å². The maximum Gasteiger partial charge on any atom is 0.320 e. The number of carboxylic acids is 1. The largest absolute Gasteiger partial charge is 0.480 e. The minimum absolute atomic E-state index is 0.218. The molecule has 6 nitrogen and oxygen atoms in total. The van der Waals surface area contributed by atoms with Crippen LogP contribution in [0, 0.1) is 5.92 Å². The third-order valence-corrected chi connectivity index (χ3v) is 2.53. The zero-order valence-corrected chi connectivity index (χ0v) is 9.63. The van der Waals surface area contributed by atoms with Crippen molar-refractivity contribution in [3.8, 4) is 0 Å². The minimum atomic E-state index is -1.02. The summed E-state index contributed by atoms with van der Waals surface area (Å²) in [6, 6.07) is -0.909. The maximum atomic E-state index is 10.6. The molecule has 90 valence electrons. The first-order valence-electron chi connectivity index (χ1n) is 5.40. The third-order valence-electron chi connectivity index (χ3n) is 2.53. The average Bonchev–Trinajstić information content (AvgIpc) is 2.65. The summed E-state index contributed by atoms with van der Waals surface area (Å²) >= 11 is 0. The van der Waals surface area contributed by atoms with E-state index in [1.54, 1.807) is 10.9 Å². The number of rotatable bonds is 6. The zero-order valence-electron chi connectivity index (χ0n) is 9.63. The average molecular weight is 226 g/mol. The molecule has 0 aliphatic rings. The van der Waals surface area contributed by atoms with E-state index in [-0.39, 0.29) is 6.42 Å². The number of carbonyl (C=O) groups is 1. The molecular formula is C10H18N4O2. The molecule has 0 aliphatic carbocycles. The number of carboxylic acid groups (broad SMARTS) is 1. The number of aromatic nitrogens is 3. The molecule has 0 spiro atoms. The Kier molecular flexibility index (Phi) is 4.42. The number of nitrogens with zero attached hydrogens (tertiary/aromatic N) is 3. The predicted molar refractivity (Wildman–Crippen MR) is 58.8 cm³/mol. The lowest BCUT2D eigenvalue weighted by molar-refractivity contribution is -0.138. The molecule has 0 aliphatic heterocycles. The summed E-state index contributed by atoms with van der Waals surface area (Å²) in [4.78, 5) is 10.6. The molecule has 2 unspecified atom stereocenters. The van der Waals surface area contributed by atoms with Crippen LogP contribution in [-0.2, 0) is 17.8 Å². The van der Waals surface area contributed by atoms with E-state index in [2.05, 4.69) is 24.2 Å². The zero-order chi connectivity index (χ0) is 12.1. The van der Waals surface area contributed by atoms with Crippen LogP contribution in [0.2, 0.25) is 0 Å². The van der Waals surface area contributed by atoms with Gasteiger partial charge in [0.25, 0.3) is 0 Å². The lowest BCUT2D eigenvalue weighted by Crippen LogP contribution is -2.32. The summed E-state index contributed by atoms with van der Waals surface area (Å²) in [6.45, 7) is 5.04. The first-order chi connectivity index (χ1) is 7.52. The summed E-state index contributed by atoms with van der Waals surface area (Å²) in [5.41, 5.74) is 6.03. The monoisotopic (exact) mass is 226 g/mol. The summed E-state index contributed by atoms with van der Waals surface area (Å²) in [5, 5.41) is 16.5. The van der Waals surface area contributed by atoms with Crippen LogP contribution in [0.3, 0.4) is 0 Å². The van der Waals surface area contributed by atoms with Gasteiger partial charge in [0.15, 0.2) is 0 Å². The van der Waals surface area contributed by atoms with Crippen LogP contribution in [-0.4, -0.2) is 32.1 Å². The van der Waals surface area contributed by atoms with Gasteiger partial charge in [-0.15, -0.1) is 5.10 Å². The van der Waals surface area contributed by atoms with Gasteiger partial charge < -0.3 is 10.8 Å². The Balaban J connectivity index is 2.54. The minimum Gasteiger partial charge on any atom is -0.480 e. The Hall–Kier alpha value is -1.43. The Morgan fingerprint density at radius 1 is 1.69 bits per heavy atom. The van der Waals surface area contributed by atoms with Crippen molar-refractivity contribution in [3.63, 3.8) is 0 Å². The number of nitrogens with two attached hydrogens (primary N) is 1. The molecule has 0 bridgehead atoms. The Labute approximate surface area is 94.4 Å². The highest BCUT2D eigenvalue weighted by Crippen LogP contribution is 2.05. The van der Waals surface area contributed by atoms with Crippen LogP contribution >= 0.6 is 0 Å². The van der Waals surface area contributed by atoms with Crippen LogP contribution in [0.1, 0.15) is 26.0 Å². The number of hydrogen-bond donors (Lipinski definition) is 2. The highest BCUT2D eigenvalue weighted by atomic mass is 16.4. The van der Waals surface area contributed by atoms with Crippen LogP contribution in [0.4, 0.5) is 0 Å². The number of hydrogen-bond acceptors (Lipinski definition) is 4. The molecule has 0 radical (unpaired) electrons. The molecule has 2 atom stereocenters. The molecule has 16 heavy (non-hydrogen) atoms. The molecule has 0 aromatic carbocycles. The second-order valence-electron chi connectivity index (χ2n) is 4.09. The van der Waals surface area contributed by atoms with Crippen molar-refractivity contribution < 1.29 is 9.90 Å². The SMILES string of the molecule is CCC(C)Cn1cc(CC(N)C(=O)O)nn1. The molecule has 1 aromatic heterocycles. The van der Waals surface area contributed by atoms with E-state index in [4.69, 9.17) is 10.8 Å². The van der Waals surface area contributed by atoms with Gasteiger partial charge in [0, 0.05) is 19.2 Å². The van der Waals surface area contributed by atoms with Gasteiger partial charge in [-0.25, -0.2) is 0 Å². The molecule has 0 saturated carbocycles. The molecule has 3 N–H and O–H groups in total. The first kappa shape index (κ1) is 12.6. The predicted octanol–water partition coefficient (Wildman–Crippen LogP) is 0.279. The lowest BCUT2D eigenvalue weighted by atomic mass is 10.1. The molecule has 0 fully saturated rings. The van der Waals surface area contributed by atoms with Gasteiger partial charge in [-0.3, -0.25) is 9.48 Å². The van der Waals surface area contributed by atoms with Gasteiger partial charge >= 0.3 is 5.97 Å². The first-order valence-corrected chi connectivity index (χ1v) is 5.40. The van der Waals surface area contributed by atoms with Crippen LogP contribution in [0.5, 0.6) is 0 Å². The van der Waals surface area contributed by atoms with Crippen molar-refractivity contribution in [2.45, 2.75) is 39.3 Å². The fourth-order valence-electron chi connectivity index (χ4n) is 1.28. The summed E-state index contributed by atoms with van der Waals surface area (Å²) < 4.78 is 1.73. The fourth-order valence-corrected chi connectivity index (χ4v) is 1.28. The third kappa shape index (κ3) is 3.62. The van der Waals surface area contributed by atoms with Crippen molar-refractivity contribution in [1.82, 2.24) is 15.0 Å².